The van der Waals surface area contributed by atoms with Crippen LogP contribution in [0.3, 0.4) is 0 Å². The maximum Gasteiger partial charge on any atom is 0.336 e. The average molecular weight is 236 g/mol. The number of ether oxygens (including phenoxy) is 1. The molecule has 17 heavy (non-hydrogen) atoms. The molecule has 0 aliphatic heterocycles. The molecule has 1 aromatic carbocycles. The largest absolute Gasteiger partial charge is 0.478 e. The predicted molar refractivity (Wildman–Crippen MR) is 63.0 cm³/mol. The molecule has 0 amide bonds. The van der Waals surface area contributed by atoms with E-state index in [4.69, 9.17) is 9.84 Å². The molecule has 0 atom stereocenters. The molecule has 0 aromatic heterocycles. The third-order valence-corrected chi connectivity index (χ3v) is 2.32. The molecule has 1 N–H and O–H groups in total. The minimum Gasteiger partial charge on any atom is -0.478 e. The first-order chi connectivity index (χ1) is 8.11. The lowest BCUT2D eigenvalue weighted by Gasteiger charge is -2.06. The summed E-state index contributed by atoms with van der Waals surface area (Å²) in [4.78, 5) is 21.6. The molecule has 0 aliphatic rings. The first-order valence-electron chi connectivity index (χ1n) is 5.49. The number of Topliss-reactive ketones (excluding diaryl/α,β-unsaturated/α-hetero) is 1. The minimum atomic E-state index is -0.951. The Morgan fingerprint density at radius 1 is 1.29 bits per heavy atom. The van der Waals surface area contributed by atoms with Gasteiger partial charge >= 0.3 is 5.97 Å². The van der Waals surface area contributed by atoms with Crippen LogP contribution in [0.15, 0.2) is 24.3 Å². The molecule has 4 nitrogen and oxygen atoms in total. The van der Waals surface area contributed by atoms with Crippen molar-refractivity contribution in [3.8, 4) is 0 Å². The summed E-state index contributed by atoms with van der Waals surface area (Å²) >= 11 is 0. The SMILES string of the molecule is CC(=O)CCCOCc1ccccc1C(=O)O. The van der Waals surface area contributed by atoms with Gasteiger partial charge in [0, 0.05) is 13.0 Å². The molecule has 0 bridgehead atoms. The number of carbonyl (C=O) groups excluding carboxylic acids is 1. The van der Waals surface area contributed by atoms with Gasteiger partial charge in [-0.05, 0) is 25.0 Å². The van der Waals surface area contributed by atoms with E-state index in [0.29, 0.717) is 25.0 Å². The van der Waals surface area contributed by atoms with E-state index in [0.717, 1.165) is 0 Å². The molecule has 0 fully saturated rings. The molecular formula is C13H16O4. The maximum atomic E-state index is 10.9. The molecule has 0 saturated heterocycles. The van der Waals surface area contributed by atoms with Crippen LogP contribution in [0.4, 0.5) is 0 Å². The molecule has 1 rings (SSSR count). The summed E-state index contributed by atoms with van der Waals surface area (Å²) in [6.07, 6.45) is 1.17. The van der Waals surface area contributed by atoms with Gasteiger partial charge in [0.1, 0.15) is 5.78 Å². The van der Waals surface area contributed by atoms with Crippen molar-refractivity contribution >= 4 is 11.8 Å². The number of rotatable bonds is 7. The number of hydrogen-bond donors (Lipinski definition) is 1. The van der Waals surface area contributed by atoms with Crippen molar-refractivity contribution in [3.05, 3.63) is 35.4 Å². The van der Waals surface area contributed by atoms with Crippen molar-refractivity contribution in [2.24, 2.45) is 0 Å². The van der Waals surface area contributed by atoms with Crippen LogP contribution in [0, 0.1) is 0 Å². The minimum absolute atomic E-state index is 0.138. The summed E-state index contributed by atoms with van der Waals surface area (Å²) in [6.45, 7) is 2.27. The normalized spacial score (nSPS) is 10.2. The zero-order valence-electron chi connectivity index (χ0n) is 9.81. The van der Waals surface area contributed by atoms with Gasteiger partial charge in [0.05, 0.1) is 12.2 Å². The number of carbonyl (C=O) groups is 2. The van der Waals surface area contributed by atoms with Crippen molar-refractivity contribution in [1.29, 1.82) is 0 Å². The van der Waals surface area contributed by atoms with Gasteiger partial charge in [0.2, 0.25) is 0 Å². The van der Waals surface area contributed by atoms with E-state index < -0.39 is 5.97 Å². The third-order valence-electron chi connectivity index (χ3n) is 2.32. The fourth-order valence-electron chi connectivity index (χ4n) is 1.46. The number of carboxylic acid groups (broad SMARTS) is 1. The van der Waals surface area contributed by atoms with E-state index >= 15 is 0 Å². The summed E-state index contributed by atoms with van der Waals surface area (Å²) in [6, 6.07) is 6.74. The quantitative estimate of drug-likeness (QED) is 0.737. The molecule has 0 spiro atoms. The van der Waals surface area contributed by atoms with E-state index in [-0.39, 0.29) is 18.0 Å². The lowest BCUT2D eigenvalue weighted by molar-refractivity contribution is -0.117. The van der Waals surface area contributed by atoms with Crippen molar-refractivity contribution in [1.82, 2.24) is 0 Å². The van der Waals surface area contributed by atoms with Gasteiger partial charge in [-0.15, -0.1) is 0 Å². The topological polar surface area (TPSA) is 63.6 Å². The van der Waals surface area contributed by atoms with E-state index in [1.165, 1.54) is 0 Å². The van der Waals surface area contributed by atoms with Crippen LogP contribution in [0.1, 0.15) is 35.7 Å². The third kappa shape index (κ3) is 4.78. The maximum absolute atomic E-state index is 10.9. The van der Waals surface area contributed by atoms with Crippen LogP contribution in [0.5, 0.6) is 0 Å². The highest BCUT2D eigenvalue weighted by molar-refractivity contribution is 5.89. The Bertz CT molecular complexity index is 398. The van der Waals surface area contributed by atoms with Crippen LogP contribution in [-0.4, -0.2) is 23.5 Å². The van der Waals surface area contributed by atoms with E-state index in [1.807, 2.05) is 0 Å². The van der Waals surface area contributed by atoms with Crippen LogP contribution < -0.4 is 0 Å². The van der Waals surface area contributed by atoms with Crippen molar-refractivity contribution in [2.45, 2.75) is 26.4 Å². The summed E-state index contributed by atoms with van der Waals surface area (Å²) < 4.78 is 5.35. The number of benzene rings is 1. The van der Waals surface area contributed by atoms with Gasteiger partial charge in [-0.3, -0.25) is 0 Å². The van der Waals surface area contributed by atoms with Gasteiger partial charge < -0.3 is 14.6 Å². The first kappa shape index (κ1) is 13.4. The monoisotopic (exact) mass is 236 g/mol. The molecule has 92 valence electrons. The second-order valence-electron chi connectivity index (χ2n) is 3.82. The predicted octanol–water partition coefficient (Wildman–Crippen LogP) is 2.27. The zero-order chi connectivity index (χ0) is 12.7. The highest BCUT2D eigenvalue weighted by Crippen LogP contribution is 2.10. The van der Waals surface area contributed by atoms with E-state index in [1.54, 1.807) is 31.2 Å². The number of ketones is 1. The Balaban J connectivity index is 2.41. The first-order valence-corrected chi connectivity index (χ1v) is 5.49. The molecule has 0 unspecified atom stereocenters. The van der Waals surface area contributed by atoms with Gasteiger partial charge in [-0.2, -0.15) is 0 Å². The average Bonchev–Trinajstić information content (AvgIpc) is 2.28. The van der Waals surface area contributed by atoms with Gasteiger partial charge in [-0.25, -0.2) is 4.79 Å². The van der Waals surface area contributed by atoms with Gasteiger partial charge in [-0.1, -0.05) is 18.2 Å². The van der Waals surface area contributed by atoms with Crippen molar-refractivity contribution in [2.75, 3.05) is 6.61 Å². The fourth-order valence-corrected chi connectivity index (χ4v) is 1.46. The molecule has 0 radical (unpaired) electrons. The highest BCUT2D eigenvalue weighted by atomic mass is 16.5. The Labute approximate surface area is 100 Å². The second-order valence-corrected chi connectivity index (χ2v) is 3.82. The molecule has 0 aliphatic carbocycles. The van der Waals surface area contributed by atoms with Crippen LogP contribution in [0.2, 0.25) is 0 Å². The Kier molecular flexibility index (Phi) is 5.36. The lowest BCUT2D eigenvalue weighted by atomic mass is 10.1. The van der Waals surface area contributed by atoms with Crippen molar-refractivity contribution in [3.63, 3.8) is 0 Å². The molecule has 0 heterocycles. The highest BCUT2D eigenvalue weighted by Gasteiger charge is 2.08. The van der Waals surface area contributed by atoms with Gasteiger partial charge in [0.25, 0.3) is 0 Å². The van der Waals surface area contributed by atoms with Gasteiger partial charge in [0.15, 0.2) is 0 Å². The zero-order valence-corrected chi connectivity index (χ0v) is 9.81. The van der Waals surface area contributed by atoms with E-state index in [2.05, 4.69) is 0 Å². The smallest absolute Gasteiger partial charge is 0.336 e. The number of hydrogen-bond acceptors (Lipinski definition) is 3. The van der Waals surface area contributed by atoms with Crippen molar-refractivity contribution < 1.29 is 19.4 Å². The lowest BCUT2D eigenvalue weighted by Crippen LogP contribution is -2.05. The summed E-state index contributed by atoms with van der Waals surface area (Å²) in [7, 11) is 0. The Morgan fingerprint density at radius 3 is 2.65 bits per heavy atom. The summed E-state index contributed by atoms with van der Waals surface area (Å²) in [5.74, 6) is -0.813. The fraction of sp³-hybridized carbons (Fsp3) is 0.385. The molecular weight excluding hydrogens is 220 g/mol. The van der Waals surface area contributed by atoms with Crippen LogP contribution in [-0.2, 0) is 16.1 Å². The second kappa shape index (κ2) is 6.81. The van der Waals surface area contributed by atoms with Crippen LogP contribution >= 0.6 is 0 Å². The molecule has 0 saturated carbocycles. The summed E-state index contributed by atoms with van der Waals surface area (Å²) in [5, 5.41) is 8.94. The number of carboxylic acids is 1. The number of aromatic carboxylic acids is 1. The van der Waals surface area contributed by atoms with E-state index in [9.17, 15) is 9.59 Å². The Hall–Kier alpha value is -1.68. The summed E-state index contributed by atoms with van der Waals surface area (Å²) in [5.41, 5.74) is 0.918. The molecule has 1 aromatic rings. The Morgan fingerprint density at radius 2 is 2.00 bits per heavy atom. The van der Waals surface area contributed by atoms with Crippen LogP contribution in [0.25, 0.3) is 0 Å². The standard InChI is InChI=1S/C13H16O4/c1-10(14)5-4-8-17-9-11-6-2-3-7-12(11)13(15)16/h2-3,6-7H,4-5,8-9H2,1H3,(H,15,16). The molecule has 4 heteroatoms.